The molecule has 0 bridgehead atoms. The third-order valence-corrected chi connectivity index (χ3v) is 4.79. The molecule has 1 aromatic carbocycles. The molecular weight excluding hydrogens is 338 g/mol. The van der Waals surface area contributed by atoms with Crippen molar-refractivity contribution in [2.75, 3.05) is 13.2 Å². The number of carboxylic acid groups (broad SMARTS) is 1. The number of nitrogens with one attached hydrogen (secondary N) is 1. The standard InChI is InChI=1S/C11H12BrNO5S/c12-7-2-1-3-8(4-7)19(16,17)13-10-6-18-5-9(10)11(14)15/h1-4,9-10,13H,5-6H2,(H,14,15). The van der Waals surface area contributed by atoms with Gasteiger partial charge in [-0.2, -0.15) is 0 Å². The van der Waals surface area contributed by atoms with Crippen LogP contribution in [0.25, 0.3) is 0 Å². The van der Waals surface area contributed by atoms with Gasteiger partial charge in [-0.3, -0.25) is 4.79 Å². The molecule has 0 amide bonds. The molecule has 0 aliphatic carbocycles. The molecule has 2 atom stereocenters. The molecule has 19 heavy (non-hydrogen) atoms. The van der Waals surface area contributed by atoms with Crippen molar-refractivity contribution in [2.24, 2.45) is 5.92 Å². The molecule has 2 rings (SSSR count). The Kier molecular flexibility index (Phi) is 4.24. The first-order valence-electron chi connectivity index (χ1n) is 5.48. The van der Waals surface area contributed by atoms with E-state index in [0.717, 1.165) is 0 Å². The Morgan fingerprint density at radius 2 is 2.16 bits per heavy atom. The summed E-state index contributed by atoms with van der Waals surface area (Å²) in [7, 11) is -3.76. The SMILES string of the molecule is O=C(O)C1COCC1NS(=O)(=O)c1cccc(Br)c1. The van der Waals surface area contributed by atoms with Crippen molar-refractivity contribution in [3.8, 4) is 0 Å². The maximum absolute atomic E-state index is 12.1. The summed E-state index contributed by atoms with van der Waals surface area (Å²) in [4.78, 5) is 11.0. The van der Waals surface area contributed by atoms with Gasteiger partial charge in [0.2, 0.25) is 10.0 Å². The molecule has 8 heteroatoms. The number of aliphatic carboxylic acids is 1. The number of hydrogen-bond donors (Lipinski definition) is 2. The summed E-state index contributed by atoms with van der Waals surface area (Å²) in [6, 6.07) is 5.45. The zero-order valence-electron chi connectivity index (χ0n) is 9.74. The van der Waals surface area contributed by atoms with E-state index in [1.807, 2.05) is 0 Å². The van der Waals surface area contributed by atoms with Crippen molar-refractivity contribution in [3.63, 3.8) is 0 Å². The van der Waals surface area contributed by atoms with Crippen molar-refractivity contribution >= 4 is 31.9 Å². The third kappa shape index (κ3) is 3.33. The van der Waals surface area contributed by atoms with E-state index in [0.29, 0.717) is 4.47 Å². The topological polar surface area (TPSA) is 92.7 Å². The Morgan fingerprint density at radius 1 is 1.42 bits per heavy atom. The number of hydrogen-bond acceptors (Lipinski definition) is 4. The molecule has 0 spiro atoms. The zero-order valence-corrected chi connectivity index (χ0v) is 12.1. The highest BCUT2D eigenvalue weighted by Gasteiger charge is 2.36. The van der Waals surface area contributed by atoms with Crippen LogP contribution < -0.4 is 4.72 Å². The molecule has 104 valence electrons. The number of benzene rings is 1. The smallest absolute Gasteiger partial charge is 0.310 e. The fourth-order valence-corrected chi connectivity index (χ4v) is 3.67. The lowest BCUT2D eigenvalue weighted by molar-refractivity contribution is -0.142. The number of carbonyl (C=O) groups is 1. The predicted molar refractivity (Wildman–Crippen MR) is 70.2 cm³/mol. The van der Waals surface area contributed by atoms with Crippen LogP contribution in [0.4, 0.5) is 0 Å². The van der Waals surface area contributed by atoms with Gasteiger partial charge in [0.05, 0.1) is 30.1 Å². The van der Waals surface area contributed by atoms with Crippen LogP contribution in [0.5, 0.6) is 0 Å². The normalized spacial score (nSPS) is 23.4. The molecule has 1 aliphatic rings. The second kappa shape index (κ2) is 5.58. The van der Waals surface area contributed by atoms with Crippen molar-refractivity contribution in [2.45, 2.75) is 10.9 Å². The van der Waals surface area contributed by atoms with Gasteiger partial charge in [0.1, 0.15) is 0 Å². The van der Waals surface area contributed by atoms with Crippen LogP contribution in [0, 0.1) is 5.92 Å². The Hall–Kier alpha value is -0.960. The van der Waals surface area contributed by atoms with E-state index in [2.05, 4.69) is 20.7 Å². The molecule has 1 heterocycles. The fraction of sp³-hybridized carbons (Fsp3) is 0.364. The van der Waals surface area contributed by atoms with Gasteiger partial charge < -0.3 is 9.84 Å². The van der Waals surface area contributed by atoms with Crippen LogP contribution in [0.1, 0.15) is 0 Å². The molecule has 0 radical (unpaired) electrons. The first-order chi connectivity index (χ1) is 8.90. The number of sulfonamides is 1. The van der Waals surface area contributed by atoms with Gasteiger partial charge in [-0.15, -0.1) is 0 Å². The highest BCUT2D eigenvalue weighted by Crippen LogP contribution is 2.19. The minimum absolute atomic E-state index is 0.0149. The summed E-state index contributed by atoms with van der Waals surface area (Å²) in [6.45, 7) is 0.0746. The lowest BCUT2D eigenvalue weighted by Gasteiger charge is -2.15. The first kappa shape index (κ1) is 14.4. The minimum atomic E-state index is -3.76. The average molecular weight is 350 g/mol. The average Bonchev–Trinajstić information content (AvgIpc) is 2.76. The van der Waals surface area contributed by atoms with Crippen LogP contribution in [0.2, 0.25) is 0 Å². The Bertz CT molecular complexity index is 589. The number of rotatable bonds is 4. The molecule has 0 saturated carbocycles. The Labute approximate surface area is 118 Å². The fourth-order valence-electron chi connectivity index (χ4n) is 1.82. The molecule has 0 aromatic heterocycles. The van der Waals surface area contributed by atoms with Crippen molar-refractivity contribution in [1.29, 1.82) is 0 Å². The maximum Gasteiger partial charge on any atom is 0.310 e. The predicted octanol–water partition coefficient (Wildman–Crippen LogP) is 0.827. The molecule has 6 nitrogen and oxygen atoms in total. The summed E-state index contributed by atoms with van der Waals surface area (Å²) in [5.74, 6) is -1.93. The summed E-state index contributed by atoms with van der Waals surface area (Å²) >= 11 is 3.19. The van der Waals surface area contributed by atoms with Gasteiger partial charge in [0, 0.05) is 4.47 Å². The highest BCUT2D eigenvalue weighted by atomic mass is 79.9. The molecule has 2 N–H and O–H groups in total. The molecule has 2 unspecified atom stereocenters. The highest BCUT2D eigenvalue weighted by molar-refractivity contribution is 9.10. The quantitative estimate of drug-likeness (QED) is 0.839. The Morgan fingerprint density at radius 3 is 2.79 bits per heavy atom. The summed E-state index contributed by atoms with van der Waals surface area (Å²) in [5.41, 5.74) is 0. The van der Waals surface area contributed by atoms with Gasteiger partial charge in [-0.25, -0.2) is 13.1 Å². The Balaban J connectivity index is 2.20. The van der Waals surface area contributed by atoms with Gasteiger partial charge in [0.15, 0.2) is 0 Å². The molecule has 1 saturated heterocycles. The van der Waals surface area contributed by atoms with Crippen LogP contribution in [0.3, 0.4) is 0 Å². The third-order valence-electron chi connectivity index (χ3n) is 2.81. The van der Waals surface area contributed by atoms with E-state index in [9.17, 15) is 13.2 Å². The molecular formula is C11H12BrNO5S. The lowest BCUT2D eigenvalue weighted by atomic mass is 10.1. The molecule has 1 aliphatic heterocycles. The first-order valence-corrected chi connectivity index (χ1v) is 7.76. The van der Waals surface area contributed by atoms with E-state index in [1.54, 1.807) is 12.1 Å². The number of carboxylic acids is 1. The van der Waals surface area contributed by atoms with Gasteiger partial charge >= 0.3 is 5.97 Å². The summed E-state index contributed by atoms with van der Waals surface area (Å²) in [6.07, 6.45) is 0. The summed E-state index contributed by atoms with van der Waals surface area (Å²) in [5, 5.41) is 8.97. The minimum Gasteiger partial charge on any atom is -0.481 e. The van der Waals surface area contributed by atoms with E-state index >= 15 is 0 Å². The maximum atomic E-state index is 12.1. The van der Waals surface area contributed by atoms with Gasteiger partial charge in [0.25, 0.3) is 0 Å². The lowest BCUT2D eigenvalue weighted by Crippen LogP contribution is -2.42. The largest absolute Gasteiger partial charge is 0.481 e. The van der Waals surface area contributed by atoms with Gasteiger partial charge in [-0.05, 0) is 18.2 Å². The zero-order chi connectivity index (χ0) is 14.0. The van der Waals surface area contributed by atoms with E-state index in [1.165, 1.54) is 12.1 Å². The number of ether oxygens (including phenoxy) is 1. The van der Waals surface area contributed by atoms with Gasteiger partial charge in [-0.1, -0.05) is 22.0 Å². The monoisotopic (exact) mass is 349 g/mol. The van der Waals surface area contributed by atoms with Crippen molar-refractivity contribution in [3.05, 3.63) is 28.7 Å². The van der Waals surface area contributed by atoms with Crippen molar-refractivity contribution in [1.82, 2.24) is 4.72 Å². The van der Waals surface area contributed by atoms with Crippen molar-refractivity contribution < 1.29 is 23.1 Å². The van der Waals surface area contributed by atoms with E-state index in [4.69, 9.17) is 9.84 Å². The van der Waals surface area contributed by atoms with E-state index < -0.39 is 28.0 Å². The summed E-state index contributed by atoms with van der Waals surface area (Å²) < 4.78 is 32.3. The van der Waals surface area contributed by atoms with Crippen LogP contribution >= 0.6 is 15.9 Å². The van der Waals surface area contributed by atoms with Crippen LogP contribution in [-0.4, -0.2) is 38.7 Å². The van der Waals surface area contributed by atoms with E-state index in [-0.39, 0.29) is 18.1 Å². The second-order valence-corrected chi connectivity index (χ2v) is 6.80. The van der Waals surface area contributed by atoms with Crippen LogP contribution in [0.15, 0.2) is 33.6 Å². The number of halogens is 1. The van der Waals surface area contributed by atoms with Crippen LogP contribution in [-0.2, 0) is 19.6 Å². The second-order valence-electron chi connectivity index (χ2n) is 4.17. The molecule has 1 fully saturated rings. The molecule has 1 aromatic rings.